The molecule has 0 aliphatic carbocycles. The van der Waals surface area contributed by atoms with Gasteiger partial charge < -0.3 is 10.6 Å². The Kier molecular flexibility index (Phi) is 4.23. The van der Waals surface area contributed by atoms with E-state index in [0.717, 1.165) is 13.1 Å². The largest absolute Gasteiger partial charge is 0.371 e. The summed E-state index contributed by atoms with van der Waals surface area (Å²) in [6.07, 6.45) is 1.25. The molecule has 1 fully saturated rings. The third kappa shape index (κ3) is 3.21. The number of hydrogen-bond acceptors (Lipinski definition) is 3. The van der Waals surface area contributed by atoms with Crippen LogP contribution in [0.15, 0.2) is 18.2 Å². The highest BCUT2D eigenvalue weighted by Gasteiger charge is 2.23. The molecule has 1 aromatic carbocycles. The monoisotopic (exact) mass is 264 g/mol. The zero-order chi connectivity index (χ0) is 13.2. The number of benzene rings is 1. The fourth-order valence-corrected chi connectivity index (χ4v) is 3.48. The molecule has 1 aliphatic heterocycles. The molecule has 0 amide bonds. The molecule has 2 nitrogen and oxygen atoms in total. The number of thioether (sulfide) groups is 1. The van der Waals surface area contributed by atoms with Gasteiger partial charge in [0.2, 0.25) is 0 Å². The summed E-state index contributed by atoms with van der Waals surface area (Å²) in [6, 6.07) is 6.68. The molecule has 1 heterocycles. The van der Waals surface area contributed by atoms with E-state index >= 15 is 0 Å². The fourth-order valence-electron chi connectivity index (χ4n) is 2.38. The zero-order valence-electron chi connectivity index (χ0n) is 11.7. The molecule has 0 bridgehead atoms. The molecule has 0 unspecified atom stereocenters. The van der Waals surface area contributed by atoms with Gasteiger partial charge in [0.1, 0.15) is 0 Å². The maximum atomic E-state index is 5.72. The van der Waals surface area contributed by atoms with Crippen molar-refractivity contribution in [1.82, 2.24) is 0 Å². The summed E-state index contributed by atoms with van der Waals surface area (Å²) in [5, 5.41) is 0. The molecule has 1 aliphatic rings. The van der Waals surface area contributed by atoms with Crippen molar-refractivity contribution in [3.63, 3.8) is 0 Å². The first-order valence-electron chi connectivity index (χ1n) is 6.70. The third-order valence-corrected chi connectivity index (χ3v) is 5.12. The summed E-state index contributed by atoms with van der Waals surface area (Å²) in [6.45, 7) is 9.79. The number of aryl methyl sites for hydroxylation is 1. The van der Waals surface area contributed by atoms with E-state index in [1.165, 1.54) is 29.0 Å². The molecular weight excluding hydrogens is 240 g/mol. The molecular formula is C15H24N2S. The van der Waals surface area contributed by atoms with Gasteiger partial charge in [-0.05, 0) is 36.6 Å². The van der Waals surface area contributed by atoms with Crippen LogP contribution in [-0.4, -0.2) is 23.6 Å². The Morgan fingerprint density at radius 3 is 2.78 bits per heavy atom. The van der Waals surface area contributed by atoms with Gasteiger partial charge in [-0.25, -0.2) is 0 Å². The van der Waals surface area contributed by atoms with Crippen LogP contribution in [0.5, 0.6) is 0 Å². The second-order valence-corrected chi connectivity index (χ2v) is 7.46. The van der Waals surface area contributed by atoms with Gasteiger partial charge in [0, 0.05) is 35.8 Å². The van der Waals surface area contributed by atoms with Crippen LogP contribution in [0.25, 0.3) is 0 Å². The van der Waals surface area contributed by atoms with Crippen LogP contribution in [-0.2, 0) is 6.54 Å². The Morgan fingerprint density at radius 2 is 2.11 bits per heavy atom. The van der Waals surface area contributed by atoms with Gasteiger partial charge in [-0.2, -0.15) is 11.8 Å². The minimum Gasteiger partial charge on any atom is -0.371 e. The topological polar surface area (TPSA) is 29.3 Å². The summed E-state index contributed by atoms with van der Waals surface area (Å²) < 4.78 is 0.418. The van der Waals surface area contributed by atoms with Gasteiger partial charge in [0.25, 0.3) is 0 Å². The number of nitrogens with two attached hydrogens (primary N) is 1. The van der Waals surface area contributed by atoms with Crippen LogP contribution in [0, 0.1) is 6.92 Å². The lowest BCUT2D eigenvalue weighted by Crippen LogP contribution is -2.27. The van der Waals surface area contributed by atoms with Crippen LogP contribution in [0.2, 0.25) is 0 Å². The molecule has 2 rings (SSSR count). The van der Waals surface area contributed by atoms with Crippen molar-refractivity contribution in [3.8, 4) is 0 Å². The van der Waals surface area contributed by atoms with Gasteiger partial charge >= 0.3 is 0 Å². The van der Waals surface area contributed by atoms with Gasteiger partial charge in [0.05, 0.1) is 0 Å². The average molecular weight is 264 g/mol. The molecule has 1 saturated heterocycles. The van der Waals surface area contributed by atoms with Gasteiger partial charge in [-0.1, -0.05) is 19.9 Å². The number of nitrogens with zero attached hydrogens (tertiary/aromatic N) is 1. The van der Waals surface area contributed by atoms with Crippen LogP contribution < -0.4 is 10.6 Å². The smallest absolute Gasteiger partial charge is 0.0369 e. The van der Waals surface area contributed by atoms with E-state index in [4.69, 9.17) is 5.73 Å². The summed E-state index contributed by atoms with van der Waals surface area (Å²) in [5.41, 5.74) is 9.64. The second kappa shape index (κ2) is 5.54. The Morgan fingerprint density at radius 1 is 1.33 bits per heavy atom. The lowest BCUT2D eigenvalue weighted by Gasteiger charge is -2.25. The van der Waals surface area contributed by atoms with E-state index in [-0.39, 0.29) is 0 Å². The molecule has 0 aromatic heterocycles. The average Bonchev–Trinajstić information content (AvgIpc) is 2.50. The molecule has 1 aromatic rings. The van der Waals surface area contributed by atoms with Crippen molar-refractivity contribution in [2.45, 2.75) is 38.5 Å². The zero-order valence-corrected chi connectivity index (χ0v) is 12.5. The maximum absolute atomic E-state index is 5.72. The highest BCUT2D eigenvalue weighted by Crippen LogP contribution is 2.32. The normalized spacial score (nSPS) is 19.7. The van der Waals surface area contributed by atoms with Crippen LogP contribution in [0.3, 0.4) is 0 Å². The maximum Gasteiger partial charge on any atom is 0.0369 e. The number of anilines is 1. The SMILES string of the molecule is Cc1cc(N2CCSC(C)(C)CC2)ccc1CN. The molecule has 3 heteroatoms. The van der Waals surface area contributed by atoms with Crippen LogP contribution in [0.4, 0.5) is 5.69 Å². The molecule has 0 radical (unpaired) electrons. The molecule has 0 spiro atoms. The predicted molar refractivity (Wildman–Crippen MR) is 82.4 cm³/mol. The van der Waals surface area contributed by atoms with E-state index in [2.05, 4.69) is 55.6 Å². The molecule has 18 heavy (non-hydrogen) atoms. The first-order chi connectivity index (χ1) is 8.52. The Bertz CT molecular complexity index is 415. The lowest BCUT2D eigenvalue weighted by atomic mass is 10.1. The first kappa shape index (κ1) is 13.8. The minimum absolute atomic E-state index is 0.418. The van der Waals surface area contributed by atoms with Crippen molar-refractivity contribution >= 4 is 17.4 Å². The number of rotatable bonds is 2. The van der Waals surface area contributed by atoms with Crippen LogP contribution in [0.1, 0.15) is 31.4 Å². The van der Waals surface area contributed by atoms with Crippen LogP contribution >= 0.6 is 11.8 Å². The van der Waals surface area contributed by atoms with E-state index in [1.54, 1.807) is 0 Å². The fraction of sp³-hybridized carbons (Fsp3) is 0.600. The Balaban J connectivity index is 2.14. The summed E-state index contributed by atoms with van der Waals surface area (Å²) in [5.74, 6) is 1.21. The highest BCUT2D eigenvalue weighted by atomic mass is 32.2. The van der Waals surface area contributed by atoms with Crippen molar-refractivity contribution in [2.24, 2.45) is 5.73 Å². The highest BCUT2D eigenvalue weighted by molar-refractivity contribution is 8.00. The second-order valence-electron chi connectivity index (χ2n) is 5.66. The van der Waals surface area contributed by atoms with Gasteiger partial charge in [0.15, 0.2) is 0 Å². The van der Waals surface area contributed by atoms with E-state index in [9.17, 15) is 0 Å². The summed E-state index contributed by atoms with van der Waals surface area (Å²) in [7, 11) is 0. The molecule has 100 valence electrons. The van der Waals surface area contributed by atoms with Crippen molar-refractivity contribution in [3.05, 3.63) is 29.3 Å². The quantitative estimate of drug-likeness (QED) is 0.889. The third-order valence-electron chi connectivity index (χ3n) is 3.75. The van der Waals surface area contributed by atoms with E-state index in [0.29, 0.717) is 11.3 Å². The van der Waals surface area contributed by atoms with E-state index < -0.39 is 0 Å². The van der Waals surface area contributed by atoms with Crippen molar-refractivity contribution in [1.29, 1.82) is 0 Å². The number of hydrogen-bond donors (Lipinski definition) is 1. The standard InChI is InChI=1S/C15H24N2S/c1-12-10-14(5-4-13(12)11-16)17-7-6-15(2,3)18-9-8-17/h4-5,10H,6-9,11,16H2,1-3H3. The first-order valence-corrected chi connectivity index (χ1v) is 7.69. The Hall–Kier alpha value is -0.670. The minimum atomic E-state index is 0.418. The van der Waals surface area contributed by atoms with E-state index in [1.807, 2.05) is 0 Å². The van der Waals surface area contributed by atoms with Crippen molar-refractivity contribution in [2.75, 3.05) is 23.7 Å². The predicted octanol–water partition coefficient (Wildman–Crippen LogP) is 3.18. The summed E-state index contributed by atoms with van der Waals surface area (Å²) in [4.78, 5) is 2.51. The molecule has 0 saturated carbocycles. The molecule has 0 atom stereocenters. The lowest BCUT2D eigenvalue weighted by molar-refractivity contribution is 0.637. The summed E-state index contributed by atoms with van der Waals surface area (Å²) >= 11 is 2.09. The molecule has 2 N–H and O–H groups in total. The van der Waals surface area contributed by atoms with Gasteiger partial charge in [-0.3, -0.25) is 0 Å². The van der Waals surface area contributed by atoms with Gasteiger partial charge in [-0.15, -0.1) is 0 Å². The Labute approximate surface area is 115 Å². The van der Waals surface area contributed by atoms with Crippen molar-refractivity contribution < 1.29 is 0 Å².